The first kappa shape index (κ1) is 11.8. The molecule has 0 saturated carbocycles. The molecule has 0 aliphatic carbocycles. The summed E-state index contributed by atoms with van der Waals surface area (Å²) in [5.41, 5.74) is 2.61. The molecule has 20 heavy (non-hydrogen) atoms. The Morgan fingerprint density at radius 3 is 3.15 bits per heavy atom. The Bertz CT molecular complexity index is 626. The van der Waals surface area contributed by atoms with Crippen LogP contribution in [0.5, 0.6) is 0 Å². The van der Waals surface area contributed by atoms with Crippen molar-refractivity contribution in [2.45, 2.75) is 38.8 Å². The predicted octanol–water partition coefficient (Wildman–Crippen LogP) is 1.86. The fourth-order valence-electron chi connectivity index (χ4n) is 3.21. The summed E-state index contributed by atoms with van der Waals surface area (Å²) < 4.78 is 4.14. The van der Waals surface area contributed by atoms with E-state index in [0.29, 0.717) is 6.04 Å². The third kappa shape index (κ3) is 1.71. The third-order valence-corrected chi connectivity index (χ3v) is 4.27. The Labute approximate surface area is 118 Å². The normalized spacial score (nSPS) is 20.8. The van der Waals surface area contributed by atoms with Crippen molar-refractivity contribution in [3.8, 4) is 0 Å². The van der Waals surface area contributed by atoms with Gasteiger partial charge in [-0.3, -0.25) is 4.68 Å². The molecule has 6 heteroatoms. The van der Waals surface area contributed by atoms with E-state index in [1.807, 2.05) is 10.9 Å². The highest BCUT2D eigenvalue weighted by Gasteiger charge is 2.29. The van der Waals surface area contributed by atoms with Crippen molar-refractivity contribution in [1.82, 2.24) is 19.6 Å². The van der Waals surface area contributed by atoms with Crippen LogP contribution in [0.4, 0.5) is 11.6 Å². The molecule has 6 nitrogen and oxygen atoms in total. The van der Waals surface area contributed by atoms with E-state index in [4.69, 9.17) is 5.10 Å². The van der Waals surface area contributed by atoms with E-state index in [1.54, 1.807) is 0 Å². The molecule has 0 aromatic carbocycles. The van der Waals surface area contributed by atoms with Gasteiger partial charge < -0.3 is 10.6 Å². The van der Waals surface area contributed by atoms with Gasteiger partial charge in [0.1, 0.15) is 5.82 Å². The molecule has 0 amide bonds. The van der Waals surface area contributed by atoms with Crippen LogP contribution in [0, 0.1) is 0 Å². The molecule has 2 N–H and O–H groups in total. The second-order valence-corrected chi connectivity index (χ2v) is 5.51. The molecule has 2 aromatic rings. The summed E-state index contributed by atoms with van der Waals surface area (Å²) in [5, 5.41) is 16.1. The van der Waals surface area contributed by atoms with Gasteiger partial charge in [0, 0.05) is 37.0 Å². The van der Waals surface area contributed by atoms with E-state index in [9.17, 15) is 0 Å². The highest BCUT2D eigenvalue weighted by molar-refractivity contribution is 5.61. The van der Waals surface area contributed by atoms with Gasteiger partial charge in [0.15, 0.2) is 5.82 Å². The average molecular weight is 272 g/mol. The van der Waals surface area contributed by atoms with Gasteiger partial charge in [-0.1, -0.05) is 0 Å². The van der Waals surface area contributed by atoms with E-state index in [1.165, 1.54) is 23.4 Å². The standard InChI is InChI=1S/C14H20N6/c1-2-19-9-10(8-17-19)12-5-7-16-14-11-4-3-6-15-13(11)18-20(12)14/h8-9,12,16H,2-7H2,1H3,(H,15,18). The molecule has 2 aliphatic rings. The lowest BCUT2D eigenvalue weighted by Gasteiger charge is -2.25. The minimum atomic E-state index is 0.305. The molecule has 1 unspecified atom stereocenters. The third-order valence-electron chi connectivity index (χ3n) is 4.27. The second-order valence-electron chi connectivity index (χ2n) is 5.51. The Balaban J connectivity index is 1.76. The number of fused-ring (bicyclic) bond motifs is 3. The summed E-state index contributed by atoms with van der Waals surface area (Å²) in [6.07, 6.45) is 7.49. The highest BCUT2D eigenvalue weighted by atomic mass is 15.4. The van der Waals surface area contributed by atoms with Crippen LogP contribution < -0.4 is 10.6 Å². The molecule has 0 spiro atoms. The summed E-state index contributed by atoms with van der Waals surface area (Å²) >= 11 is 0. The molecule has 4 heterocycles. The molecule has 0 bridgehead atoms. The molecular formula is C14H20N6. The van der Waals surface area contributed by atoms with Crippen molar-refractivity contribution in [3.63, 3.8) is 0 Å². The maximum atomic E-state index is 4.79. The maximum absolute atomic E-state index is 4.79. The van der Waals surface area contributed by atoms with Crippen LogP contribution in [-0.4, -0.2) is 32.7 Å². The number of hydrogen-bond acceptors (Lipinski definition) is 4. The average Bonchev–Trinajstić information content (AvgIpc) is 3.11. The van der Waals surface area contributed by atoms with Crippen LogP contribution >= 0.6 is 0 Å². The number of aromatic nitrogens is 4. The van der Waals surface area contributed by atoms with E-state index in [2.05, 4.69) is 33.5 Å². The Morgan fingerprint density at radius 1 is 1.35 bits per heavy atom. The van der Waals surface area contributed by atoms with E-state index in [0.717, 1.165) is 38.3 Å². The molecule has 1 atom stereocenters. The van der Waals surface area contributed by atoms with Crippen molar-refractivity contribution < 1.29 is 0 Å². The van der Waals surface area contributed by atoms with Gasteiger partial charge in [-0.05, 0) is 26.2 Å². The number of nitrogens with one attached hydrogen (secondary N) is 2. The largest absolute Gasteiger partial charge is 0.370 e. The first-order valence-electron chi connectivity index (χ1n) is 7.48. The Morgan fingerprint density at radius 2 is 2.30 bits per heavy atom. The summed E-state index contributed by atoms with van der Waals surface area (Å²) in [6.45, 7) is 5.05. The zero-order valence-corrected chi connectivity index (χ0v) is 11.8. The van der Waals surface area contributed by atoms with Crippen LogP contribution in [0.25, 0.3) is 0 Å². The van der Waals surface area contributed by atoms with Crippen molar-refractivity contribution in [1.29, 1.82) is 0 Å². The van der Waals surface area contributed by atoms with Crippen LogP contribution in [-0.2, 0) is 13.0 Å². The van der Waals surface area contributed by atoms with Crippen LogP contribution in [0.15, 0.2) is 12.4 Å². The van der Waals surface area contributed by atoms with Gasteiger partial charge in [0.25, 0.3) is 0 Å². The zero-order valence-electron chi connectivity index (χ0n) is 11.8. The molecule has 0 fully saturated rings. The van der Waals surface area contributed by atoms with Crippen molar-refractivity contribution >= 4 is 11.6 Å². The molecular weight excluding hydrogens is 252 g/mol. The quantitative estimate of drug-likeness (QED) is 0.876. The van der Waals surface area contributed by atoms with E-state index < -0.39 is 0 Å². The number of aryl methyl sites for hydroxylation is 1. The lowest BCUT2D eigenvalue weighted by Crippen LogP contribution is -2.24. The summed E-state index contributed by atoms with van der Waals surface area (Å²) in [5.74, 6) is 2.27. The van der Waals surface area contributed by atoms with Crippen molar-refractivity contribution in [2.75, 3.05) is 23.7 Å². The monoisotopic (exact) mass is 272 g/mol. The predicted molar refractivity (Wildman–Crippen MR) is 78.2 cm³/mol. The maximum Gasteiger partial charge on any atom is 0.153 e. The summed E-state index contributed by atoms with van der Waals surface area (Å²) in [4.78, 5) is 0. The van der Waals surface area contributed by atoms with Gasteiger partial charge in [-0.25, -0.2) is 4.68 Å². The molecule has 0 radical (unpaired) electrons. The number of nitrogens with zero attached hydrogens (tertiary/aromatic N) is 4. The molecule has 2 aromatic heterocycles. The van der Waals surface area contributed by atoms with Gasteiger partial charge in [-0.15, -0.1) is 0 Å². The van der Waals surface area contributed by atoms with Crippen molar-refractivity contribution in [2.24, 2.45) is 0 Å². The first-order valence-corrected chi connectivity index (χ1v) is 7.48. The molecule has 4 rings (SSSR count). The number of hydrogen-bond donors (Lipinski definition) is 2. The minimum Gasteiger partial charge on any atom is -0.370 e. The fourth-order valence-corrected chi connectivity index (χ4v) is 3.21. The van der Waals surface area contributed by atoms with Crippen LogP contribution in [0.2, 0.25) is 0 Å². The Hall–Kier alpha value is -1.98. The lowest BCUT2D eigenvalue weighted by molar-refractivity contribution is 0.482. The lowest BCUT2D eigenvalue weighted by atomic mass is 10.0. The SMILES string of the molecule is CCn1cc(C2CCNc3c4c(nn32)NCCC4)cn1. The van der Waals surface area contributed by atoms with Crippen LogP contribution in [0.1, 0.15) is 36.9 Å². The highest BCUT2D eigenvalue weighted by Crippen LogP contribution is 2.36. The summed E-state index contributed by atoms with van der Waals surface area (Å²) in [7, 11) is 0. The fraction of sp³-hybridized carbons (Fsp3) is 0.571. The van der Waals surface area contributed by atoms with E-state index in [-0.39, 0.29) is 0 Å². The van der Waals surface area contributed by atoms with Gasteiger partial charge in [0.05, 0.1) is 12.2 Å². The second kappa shape index (κ2) is 4.54. The molecule has 2 aliphatic heterocycles. The van der Waals surface area contributed by atoms with Gasteiger partial charge >= 0.3 is 0 Å². The van der Waals surface area contributed by atoms with Crippen molar-refractivity contribution in [3.05, 3.63) is 23.5 Å². The minimum absolute atomic E-state index is 0.305. The smallest absolute Gasteiger partial charge is 0.153 e. The first-order chi connectivity index (χ1) is 9.86. The van der Waals surface area contributed by atoms with Gasteiger partial charge in [-0.2, -0.15) is 10.2 Å². The van der Waals surface area contributed by atoms with Gasteiger partial charge in [0.2, 0.25) is 0 Å². The summed E-state index contributed by atoms with van der Waals surface area (Å²) in [6, 6.07) is 0.305. The topological polar surface area (TPSA) is 59.7 Å². The zero-order chi connectivity index (χ0) is 13.5. The van der Waals surface area contributed by atoms with E-state index >= 15 is 0 Å². The number of rotatable bonds is 2. The molecule has 106 valence electrons. The number of anilines is 2. The van der Waals surface area contributed by atoms with Crippen LogP contribution in [0.3, 0.4) is 0 Å². The molecule has 0 saturated heterocycles. The Kier molecular flexibility index (Phi) is 2.68.